The molecule has 0 N–H and O–H groups in total. The minimum atomic E-state index is -4.72. The molecule has 146 valence electrons. The van der Waals surface area contributed by atoms with E-state index in [4.69, 9.17) is 4.98 Å². The van der Waals surface area contributed by atoms with Gasteiger partial charge in [-0.3, -0.25) is 4.98 Å². The summed E-state index contributed by atoms with van der Waals surface area (Å²) in [4.78, 5) is 10.4. The predicted octanol–water partition coefficient (Wildman–Crippen LogP) is 6.11. The number of para-hydroxylation sites is 1. The second kappa shape index (κ2) is 6.58. The molecule has 0 unspecified atom stereocenters. The van der Waals surface area contributed by atoms with Crippen LogP contribution in [0.3, 0.4) is 0 Å². The Hall–Kier alpha value is -2.41. The first-order valence-electron chi connectivity index (χ1n) is 8.97. The number of aromatic nitrogens is 2. The number of aryl methyl sites for hydroxylation is 3. The molecule has 3 nitrogen and oxygen atoms in total. The van der Waals surface area contributed by atoms with E-state index in [2.05, 4.69) is 9.72 Å². The van der Waals surface area contributed by atoms with Gasteiger partial charge in [0.1, 0.15) is 10.8 Å². The van der Waals surface area contributed by atoms with Gasteiger partial charge in [0.15, 0.2) is 0 Å². The van der Waals surface area contributed by atoms with E-state index in [1.165, 1.54) is 17.4 Å². The second-order valence-electron chi connectivity index (χ2n) is 7.14. The van der Waals surface area contributed by atoms with Gasteiger partial charge in [0.2, 0.25) is 0 Å². The van der Waals surface area contributed by atoms with Crippen LogP contribution >= 0.6 is 11.3 Å². The average molecular weight is 404 g/mol. The zero-order chi connectivity index (χ0) is 20.1. The van der Waals surface area contributed by atoms with Crippen LogP contribution in [-0.2, 0) is 5.41 Å². The molecule has 0 saturated heterocycles. The lowest BCUT2D eigenvalue weighted by Crippen LogP contribution is -2.20. The topological polar surface area (TPSA) is 35.0 Å². The highest BCUT2D eigenvalue weighted by atomic mass is 32.1. The molecule has 0 radical (unpaired) electrons. The van der Waals surface area contributed by atoms with Gasteiger partial charge in [0, 0.05) is 27.4 Å². The van der Waals surface area contributed by atoms with E-state index in [1.54, 1.807) is 18.2 Å². The molecule has 1 aliphatic rings. The molecular formula is C21H19F3N2OS. The Morgan fingerprint density at radius 1 is 1.00 bits per heavy atom. The molecule has 2 heterocycles. The van der Waals surface area contributed by atoms with Crippen molar-refractivity contribution in [2.75, 3.05) is 0 Å². The van der Waals surface area contributed by atoms with Gasteiger partial charge in [0.25, 0.3) is 0 Å². The standard InChI is InChI=1S/C21H19F3N2OS/c1-12-8-9-15(13(2)25-12)18-14(3)28-19(26-18)20(10-11-20)16-6-4-5-7-17(16)27-21(22,23)24/h4-9H,10-11H2,1-3H3. The van der Waals surface area contributed by atoms with Crippen molar-refractivity contribution in [1.82, 2.24) is 9.97 Å². The first-order chi connectivity index (χ1) is 13.2. The Morgan fingerprint density at radius 3 is 2.36 bits per heavy atom. The maximum atomic E-state index is 12.9. The van der Waals surface area contributed by atoms with Gasteiger partial charge in [-0.05, 0) is 51.8 Å². The molecule has 4 rings (SSSR count). The second-order valence-corrected chi connectivity index (χ2v) is 8.34. The van der Waals surface area contributed by atoms with E-state index >= 15 is 0 Å². The normalized spacial score (nSPS) is 15.5. The van der Waals surface area contributed by atoms with Gasteiger partial charge in [-0.15, -0.1) is 24.5 Å². The number of thiazole rings is 1. The van der Waals surface area contributed by atoms with Crippen molar-refractivity contribution in [3.05, 3.63) is 63.2 Å². The summed E-state index contributed by atoms with van der Waals surface area (Å²) in [6.45, 7) is 5.87. The molecule has 0 amide bonds. The summed E-state index contributed by atoms with van der Waals surface area (Å²) in [5.74, 6) is -0.143. The molecule has 1 aliphatic carbocycles. The Kier molecular flexibility index (Phi) is 4.45. The fraction of sp³-hybridized carbons (Fsp3) is 0.333. The van der Waals surface area contributed by atoms with Crippen molar-refractivity contribution in [3.63, 3.8) is 0 Å². The van der Waals surface area contributed by atoms with Crippen LogP contribution in [0.5, 0.6) is 5.75 Å². The molecule has 0 bridgehead atoms. The molecular weight excluding hydrogens is 385 g/mol. The number of benzene rings is 1. The number of ether oxygens (including phenoxy) is 1. The summed E-state index contributed by atoms with van der Waals surface area (Å²) >= 11 is 1.54. The largest absolute Gasteiger partial charge is 0.573 e. The van der Waals surface area contributed by atoms with Crippen molar-refractivity contribution < 1.29 is 17.9 Å². The molecule has 7 heteroatoms. The van der Waals surface area contributed by atoms with Gasteiger partial charge >= 0.3 is 6.36 Å². The van der Waals surface area contributed by atoms with E-state index in [-0.39, 0.29) is 5.75 Å². The summed E-state index contributed by atoms with van der Waals surface area (Å²) in [7, 11) is 0. The fourth-order valence-corrected chi connectivity index (χ4v) is 4.78. The highest BCUT2D eigenvalue weighted by molar-refractivity contribution is 7.12. The van der Waals surface area contributed by atoms with Crippen molar-refractivity contribution in [2.24, 2.45) is 0 Å². The zero-order valence-electron chi connectivity index (χ0n) is 15.7. The molecule has 2 aromatic heterocycles. The van der Waals surface area contributed by atoms with E-state index in [1.807, 2.05) is 32.9 Å². The minimum absolute atomic E-state index is 0.143. The molecule has 1 aromatic carbocycles. The SMILES string of the molecule is Cc1ccc(-c2nc(C3(c4ccccc4OC(F)(F)F)CC3)sc2C)c(C)n1. The third-order valence-corrected chi connectivity index (χ3v) is 6.24. The number of rotatable bonds is 4. The van der Waals surface area contributed by atoms with Crippen LogP contribution in [0.1, 0.15) is 39.7 Å². The van der Waals surface area contributed by atoms with Crippen LogP contribution in [0, 0.1) is 20.8 Å². The highest BCUT2D eigenvalue weighted by Crippen LogP contribution is 2.58. The molecule has 0 aliphatic heterocycles. The number of pyridine rings is 1. The Balaban J connectivity index is 1.77. The Morgan fingerprint density at radius 2 is 1.71 bits per heavy atom. The summed E-state index contributed by atoms with van der Waals surface area (Å²) in [5, 5.41) is 0.832. The minimum Gasteiger partial charge on any atom is -0.405 e. The smallest absolute Gasteiger partial charge is 0.405 e. The third kappa shape index (κ3) is 3.39. The lowest BCUT2D eigenvalue weighted by atomic mass is 9.95. The lowest BCUT2D eigenvalue weighted by molar-refractivity contribution is -0.275. The average Bonchev–Trinajstić information content (AvgIpc) is 3.31. The molecule has 3 aromatic rings. The number of hydrogen-bond donors (Lipinski definition) is 0. The van der Waals surface area contributed by atoms with Crippen molar-refractivity contribution in [3.8, 4) is 17.0 Å². The number of alkyl halides is 3. The predicted molar refractivity (Wildman–Crippen MR) is 103 cm³/mol. The van der Waals surface area contributed by atoms with E-state index in [9.17, 15) is 13.2 Å². The Bertz CT molecular complexity index is 1040. The van der Waals surface area contributed by atoms with Crippen LogP contribution in [-0.4, -0.2) is 16.3 Å². The summed E-state index contributed by atoms with van der Waals surface area (Å²) in [5.41, 5.74) is 3.68. The molecule has 1 saturated carbocycles. The number of nitrogens with zero attached hydrogens (tertiary/aromatic N) is 2. The maximum Gasteiger partial charge on any atom is 0.573 e. The quantitative estimate of drug-likeness (QED) is 0.526. The van der Waals surface area contributed by atoms with Crippen LogP contribution in [0.2, 0.25) is 0 Å². The molecule has 28 heavy (non-hydrogen) atoms. The van der Waals surface area contributed by atoms with Crippen LogP contribution in [0.4, 0.5) is 13.2 Å². The van der Waals surface area contributed by atoms with Gasteiger partial charge in [0.05, 0.1) is 11.1 Å². The van der Waals surface area contributed by atoms with Gasteiger partial charge in [-0.1, -0.05) is 18.2 Å². The number of halogens is 3. The van der Waals surface area contributed by atoms with Crippen LogP contribution in [0.15, 0.2) is 36.4 Å². The molecule has 1 fully saturated rings. The molecule has 0 atom stereocenters. The summed E-state index contributed by atoms with van der Waals surface area (Å²) < 4.78 is 42.9. The molecule has 0 spiro atoms. The van der Waals surface area contributed by atoms with Crippen molar-refractivity contribution in [2.45, 2.75) is 45.4 Å². The van der Waals surface area contributed by atoms with Gasteiger partial charge in [-0.2, -0.15) is 0 Å². The fourth-order valence-electron chi connectivity index (χ4n) is 3.59. The van der Waals surface area contributed by atoms with E-state index < -0.39 is 11.8 Å². The number of hydrogen-bond acceptors (Lipinski definition) is 4. The summed E-state index contributed by atoms with van der Waals surface area (Å²) in [6.07, 6.45) is -3.22. The maximum absolute atomic E-state index is 12.9. The Labute approximate surface area is 165 Å². The monoisotopic (exact) mass is 404 g/mol. The lowest BCUT2D eigenvalue weighted by Gasteiger charge is -2.18. The van der Waals surface area contributed by atoms with E-state index in [0.717, 1.165) is 45.4 Å². The van der Waals surface area contributed by atoms with Gasteiger partial charge in [-0.25, -0.2) is 4.98 Å². The zero-order valence-corrected chi connectivity index (χ0v) is 16.5. The van der Waals surface area contributed by atoms with Crippen molar-refractivity contribution in [1.29, 1.82) is 0 Å². The van der Waals surface area contributed by atoms with E-state index in [0.29, 0.717) is 5.56 Å². The van der Waals surface area contributed by atoms with Crippen molar-refractivity contribution >= 4 is 11.3 Å². The first kappa shape index (κ1) is 18.9. The van der Waals surface area contributed by atoms with Crippen LogP contribution in [0.25, 0.3) is 11.3 Å². The highest BCUT2D eigenvalue weighted by Gasteiger charge is 2.51. The van der Waals surface area contributed by atoms with Gasteiger partial charge < -0.3 is 4.74 Å². The summed E-state index contributed by atoms with van der Waals surface area (Å²) in [6, 6.07) is 10.3. The van der Waals surface area contributed by atoms with Crippen LogP contribution < -0.4 is 4.74 Å². The third-order valence-electron chi connectivity index (χ3n) is 5.06. The first-order valence-corrected chi connectivity index (χ1v) is 9.79.